The summed E-state index contributed by atoms with van der Waals surface area (Å²) in [6.45, 7) is 14.3. The lowest BCUT2D eigenvalue weighted by Gasteiger charge is -2.17. The molecule has 1 aromatic heterocycles. The van der Waals surface area contributed by atoms with Gasteiger partial charge in [0.15, 0.2) is 0 Å². The highest BCUT2D eigenvalue weighted by Gasteiger charge is 2.07. The maximum absolute atomic E-state index is 4.66. The Kier molecular flexibility index (Phi) is 8.54. The molecule has 0 atom stereocenters. The second-order valence-electron chi connectivity index (χ2n) is 5.31. The van der Waals surface area contributed by atoms with Crippen LogP contribution in [0.1, 0.15) is 58.7 Å². The average molecular weight is 280 g/mol. The van der Waals surface area contributed by atoms with Crippen molar-refractivity contribution >= 4 is 0 Å². The van der Waals surface area contributed by atoms with Crippen molar-refractivity contribution < 1.29 is 0 Å². The van der Waals surface area contributed by atoms with Crippen LogP contribution in [-0.4, -0.2) is 40.9 Å². The molecular formula is C16H32N4. The molecule has 116 valence electrons. The van der Waals surface area contributed by atoms with Gasteiger partial charge in [0, 0.05) is 12.7 Å². The molecule has 0 bridgehead atoms. The number of aromatic nitrogens is 2. The first-order valence-electron chi connectivity index (χ1n) is 8.22. The van der Waals surface area contributed by atoms with Gasteiger partial charge < -0.3 is 10.2 Å². The first-order chi connectivity index (χ1) is 9.74. The van der Waals surface area contributed by atoms with Gasteiger partial charge in [-0.25, -0.2) is 0 Å². The largest absolute Gasteiger partial charge is 0.311 e. The summed E-state index contributed by atoms with van der Waals surface area (Å²) in [6.07, 6.45) is 5.61. The molecule has 0 fully saturated rings. The molecule has 0 saturated heterocycles. The highest BCUT2D eigenvalue weighted by molar-refractivity contribution is 4.99. The highest BCUT2D eigenvalue weighted by atomic mass is 15.3. The molecule has 0 aliphatic heterocycles. The molecule has 0 amide bonds. The van der Waals surface area contributed by atoms with E-state index in [1.807, 2.05) is 0 Å². The van der Waals surface area contributed by atoms with Gasteiger partial charge in [0.05, 0.1) is 11.7 Å². The average Bonchev–Trinajstić information content (AvgIpc) is 2.93. The smallest absolute Gasteiger partial charge is 0.0762 e. The summed E-state index contributed by atoms with van der Waals surface area (Å²) in [5.41, 5.74) is 1.15. The van der Waals surface area contributed by atoms with Crippen LogP contribution in [-0.2, 0) is 6.54 Å². The Labute approximate surface area is 124 Å². The van der Waals surface area contributed by atoms with Gasteiger partial charge in [0.25, 0.3) is 0 Å². The van der Waals surface area contributed by atoms with E-state index in [0.717, 1.165) is 44.7 Å². The van der Waals surface area contributed by atoms with E-state index >= 15 is 0 Å². The monoisotopic (exact) mass is 280 g/mol. The first kappa shape index (κ1) is 17.2. The SMILES string of the molecule is CCC(CC)n1ccc(CNCCCN(CC)CC)n1. The van der Waals surface area contributed by atoms with Crippen LogP contribution in [0.15, 0.2) is 12.3 Å². The minimum absolute atomic E-state index is 0.548. The third-order valence-electron chi connectivity index (χ3n) is 4.01. The fraction of sp³-hybridized carbons (Fsp3) is 0.812. The minimum Gasteiger partial charge on any atom is -0.311 e. The van der Waals surface area contributed by atoms with Crippen molar-refractivity contribution in [3.8, 4) is 0 Å². The second-order valence-corrected chi connectivity index (χ2v) is 5.31. The molecule has 1 rings (SSSR count). The Hall–Kier alpha value is -0.870. The predicted molar refractivity (Wildman–Crippen MR) is 86.0 cm³/mol. The fourth-order valence-electron chi connectivity index (χ4n) is 2.52. The Morgan fingerprint density at radius 1 is 1.20 bits per heavy atom. The zero-order chi connectivity index (χ0) is 14.8. The van der Waals surface area contributed by atoms with E-state index < -0.39 is 0 Å². The molecule has 4 heteroatoms. The van der Waals surface area contributed by atoms with Gasteiger partial charge in [-0.05, 0) is 51.5 Å². The standard InChI is InChI=1S/C16H32N4/c1-5-16(6-2)20-13-10-15(18-20)14-17-11-9-12-19(7-3)8-4/h10,13,16-17H,5-9,11-12,14H2,1-4H3. The quantitative estimate of drug-likeness (QED) is 0.632. The van der Waals surface area contributed by atoms with E-state index in [2.05, 4.69) is 60.0 Å². The van der Waals surface area contributed by atoms with E-state index in [-0.39, 0.29) is 0 Å². The predicted octanol–water partition coefficient (Wildman–Crippen LogP) is 3.07. The van der Waals surface area contributed by atoms with E-state index in [1.165, 1.54) is 13.0 Å². The van der Waals surface area contributed by atoms with Crippen LogP contribution >= 0.6 is 0 Å². The van der Waals surface area contributed by atoms with Gasteiger partial charge in [0.1, 0.15) is 0 Å². The number of hydrogen-bond acceptors (Lipinski definition) is 3. The van der Waals surface area contributed by atoms with Crippen LogP contribution in [0.4, 0.5) is 0 Å². The van der Waals surface area contributed by atoms with Gasteiger partial charge in [-0.2, -0.15) is 5.10 Å². The molecule has 0 radical (unpaired) electrons. The highest BCUT2D eigenvalue weighted by Crippen LogP contribution is 2.14. The first-order valence-corrected chi connectivity index (χ1v) is 8.22. The third kappa shape index (κ3) is 5.63. The van der Waals surface area contributed by atoms with Gasteiger partial charge in [-0.1, -0.05) is 27.7 Å². The molecule has 4 nitrogen and oxygen atoms in total. The normalized spacial score (nSPS) is 11.7. The lowest BCUT2D eigenvalue weighted by atomic mass is 10.2. The van der Waals surface area contributed by atoms with Crippen molar-refractivity contribution in [3.05, 3.63) is 18.0 Å². The summed E-state index contributed by atoms with van der Waals surface area (Å²) >= 11 is 0. The Morgan fingerprint density at radius 3 is 2.50 bits per heavy atom. The van der Waals surface area contributed by atoms with Crippen LogP contribution in [0.3, 0.4) is 0 Å². The number of nitrogens with one attached hydrogen (secondary N) is 1. The van der Waals surface area contributed by atoms with Gasteiger partial charge in [0.2, 0.25) is 0 Å². The van der Waals surface area contributed by atoms with Crippen LogP contribution < -0.4 is 5.32 Å². The summed E-state index contributed by atoms with van der Waals surface area (Å²) in [7, 11) is 0. The van der Waals surface area contributed by atoms with E-state index in [0.29, 0.717) is 6.04 Å². The molecule has 0 aliphatic carbocycles. The van der Waals surface area contributed by atoms with Crippen LogP contribution in [0.2, 0.25) is 0 Å². The lowest BCUT2D eigenvalue weighted by molar-refractivity contribution is 0.298. The molecular weight excluding hydrogens is 248 g/mol. The molecule has 1 heterocycles. The Morgan fingerprint density at radius 2 is 1.90 bits per heavy atom. The summed E-state index contributed by atoms with van der Waals surface area (Å²) in [5.74, 6) is 0. The van der Waals surface area contributed by atoms with E-state index in [9.17, 15) is 0 Å². The fourth-order valence-corrected chi connectivity index (χ4v) is 2.52. The van der Waals surface area contributed by atoms with Crippen molar-refractivity contribution in [1.29, 1.82) is 0 Å². The molecule has 0 saturated carbocycles. The molecule has 1 aromatic rings. The number of nitrogens with zero attached hydrogens (tertiary/aromatic N) is 3. The summed E-state index contributed by atoms with van der Waals surface area (Å²) in [6, 6.07) is 2.68. The zero-order valence-electron chi connectivity index (χ0n) is 13.7. The van der Waals surface area contributed by atoms with E-state index in [4.69, 9.17) is 0 Å². The maximum atomic E-state index is 4.66. The Balaban J connectivity index is 2.22. The van der Waals surface area contributed by atoms with Crippen LogP contribution in [0.25, 0.3) is 0 Å². The van der Waals surface area contributed by atoms with Crippen LogP contribution in [0, 0.1) is 0 Å². The molecule has 1 N–H and O–H groups in total. The van der Waals surface area contributed by atoms with Crippen molar-refractivity contribution in [2.24, 2.45) is 0 Å². The minimum atomic E-state index is 0.548. The van der Waals surface area contributed by atoms with Gasteiger partial charge in [-0.3, -0.25) is 4.68 Å². The molecule has 0 aliphatic rings. The summed E-state index contributed by atoms with van der Waals surface area (Å²) in [5, 5.41) is 8.15. The van der Waals surface area contributed by atoms with Gasteiger partial charge >= 0.3 is 0 Å². The second kappa shape index (κ2) is 9.94. The Bertz CT molecular complexity index is 340. The van der Waals surface area contributed by atoms with Crippen LogP contribution in [0.5, 0.6) is 0 Å². The topological polar surface area (TPSA) is 33.1 Å². The third-order valence-corrected chi connectivity index (χ3v) is 4.01. The molecule has 0 spiro atoms. The molecule has 20 heavy (non-hydrogen) atoms. The summed E-state index contributed by atoms with van der Waals surface area (Å²) < 4.78 is 2.12. The molecule has 0 aromatic carbocycles. The van der Waals surface area contributed by atoms with Crippen molar-refractivity contribution in [3.63, 3.8) is 0 Å². The van der Waals surface area contributed by atoms with E-state index in [1.54, 1.807) is 0 Å². The lowest BCUT2D eigenvalue weighted by Crippen LogP contribution is -2.27. The number of hydrogen-bond donors (Lipinski definition) is 1. The number of rotatable bonds is 11. The van der Waals surface area contributed by atoms with Crippen molar-refractivity contribution in [2.45, 2.75) is 59.5 Å². The van der Waals surface area contributed by atoms with Crippen molar-refractivity contribution in [1.82, 2.24) is 20.0 Å². The summed E-state index contributed by atoms with van der Waals surface area (Å²) in [4.78, 5) is 2.46. The maximum Gasteiger partial charge on any atom is 0.0762 e. The van der Waals surface area contributed by atoms with Gasteiger partial charge in [-0.15, -0.1) is 0 Å². The zero-order valence-corrected chi connectivity index (χ0v) is 13.7. The van der Waals surface area contributed by atoms with Crippen molar-refractivity contribution in [2.75, 3.05) is 26.2 Å². The molecule has 0 unspecified atom stereocenters.